The Balaban J connectivity index is 1.51. The number of fused-ring (bicyclic) bond motifs is 1. The molecule has 0 bridgehead atoms. The average molecular weight is 494 g/mol. The van der Waals surface area contributed by atoms with Crippen molar-refractivity contribution in [2.45, 2.75) is 87.7 Å². The number of hydrogen-bond acceptors (Lipinski definition) is 6. The van der Waals surface area contributed by atoms with Gasteiger partial charge in [-0.15, -0.1) is 0 Å². The van der Waals surface area contributed by atoms with E-state index in [4.69, 9.17) is 5.73 Å². The molecule has 0 saturated heterocycles. The van der Waals surface area contributed by atoms with Crippen molar-refractivity contribution >= 4 is 23.6 Å². The van der Waals surface area contributed by atoms with E-state index in [1.807, 2.05) is 0 Å². The summed E-state index contributed by atoms with van der Waals surface area (Å²) in [6.45, 7) is 0.610. The number of carboxylic acids is 1. The average Bonchev–Trinajstić information content (AvgIpc) is 3.09. The van der Waals surface area contributed by atoms with Gasteiger partial charge in [-0.1, -0.05) is 31.4 Å². The number of hydrogen-bond donors (Lipinski definition) is 3. The van der Waals surface area contributed by atoms with Gasteiger partial charge in [-0.3, -0.25) is 4.79 Å². The van der Waals surface area contributed by atoms with Crippen LogP contribution in [0.4, 0.5) is 0 Å². The van der Waals surface area contributed by atoms with Crippen molar-refractivity contribution in [3.8, 4) is 0 Å². The van der Waals surface area contributed by atoms with E-state index in [0.29, 0.717) is 17.7 Å². The highest BCUT2D eigenvalue weighted by molar-refractivity contribution is 7.99. The Hall–Kier alpha value is -2.27. The summed E-state index contributed by atoms with van der Waals surface area (Å²) in [6.07, 6.45) is 12.5. The first-order valence-electron chi connectivity index (χ1n) is 12.3. The highest BCUT2D eigenvalue weighted by atomic mass is 32.2. The molecule has 10 nitrogen and oxygen atoms in total. The number of amides is 1. The van der Waals surface area contributed by atoms with Gasteiger partial charge >= 0.3 is 17.3 Å². The number of allylic oxidation sites excluding steroid dienone is 1. The molecule has 0 spiro atoms. The minimum atomic E-state index is -1.27. The summed E-state index contributed by atoms with van der Waals surface area (Å²) < 4.78 is 3.09. The van der Waals surface area contributed by atoms with Gasteiger partial charge in [0.1, 0.15) is 6.04 Å². The molecule has 2 saturated carbocycles. The third kappa shape index (κ3) is 5.35. The fraction of sp³-hybridized carbons (Fsp3) is 0.739. The summed E-state index contributed by atoms with van der Waals surface area (Å²) in [6, 6.07) is -2.03. The Morgan fingerprint density at radius 2 is 1.79 bits per heavy atom. The predicted octanol–water partition coefficient (Wildman–Crippen LogP) is 1.25. The van der Waals surface area contributed by atoms with E-state index in [1.54, 1.807) is 12.2 Å². The largest absolute Gasteiger partial charge is 0.480 e. The van der Waals surface area contributed by atoms with Crippen LogP contribution in [0.5, 0.6) is 0 Å². The van der Waals surface area contributed by atoms with Gasteiger partial charge in [0.05, 0.1) is 6.54 Å². The summed E-state index contributed by atoms with van der Waals surface area (Å²) in [5.41, 5.74) is 4.51. The summed E-state index contributed by atoms with van der Waals surface area (Å²) in [4.78, 5) is 51.4. The lowest BCUT2D eigenvalue weighted by atomic mass is 9.86. The van der Waals surface area contributed by atoms with E-state index in [1.165, 1.54) is 22.9 Å². The van der Waals surface area contributed by atoms with Gasteiger partial charge in [0.2, 0.25) is 5.91 Å². The van der Waals surface area contributed by atoms with E-state index >= 15 is 0 Å². The van der Waals surface area contributed by atoms with Gasteiger partial charge in [0.15, 0.2) is 6.04 Å². The zero-order valence-electron chi connectivity index (χ0n) is 19.4. The molecule has 0 radical (unpaired) electrons. The number of carboxylic acid groups (broad SMARTS) is 1. The standard InChI is InChI=1S/C23H35N5O5S/c24-16-10-8-15(9-11-16)13-25-20(29)18-7-4-12-26-22(32)27(23(33)28(18)26)19(21(30)31)14-34-17-5-2-1-3-6-17/h4,7,15-19H,1-3,5-6,8-14,24H2,(H,25,29)(H,30,31). The quantitative estimate of drug-likeness (QED) is 0.463. The molecule has 0 aromatic carbocycles. The van der Waals surface area contributed by atoms with E-state index in [9.17, 15) is 24.3 Å². The maximum Gasteiger partial charge on any atom is 0.349 e. The van der Waals surface area contributed by atoms with Crippen LogP contribution in [0.2, 0.25) is 0 Å². The Labute approximate surface area is 202 Å². The molecule has 4 N–H and O–H groups in total. The summed E-state index contributed by atoms with van der Waals surface area (Å²) in [7, 11) is 0. The first-order chi connectivity index (χ1) is 16.4. The molecule has 1 aromatic rings. The first kappa shape index (κ1) is 24.8. The third-order valence-corrected chi connectivity index (χ3v) is 8.76. The molecule has 2 atom stereocenters. The number of aliphatic carboxylic acids is 1. The Kier molecular flexibility index (Phi) is 8.02. The van der Waals surface area contributed by atoms with E-state index in [0.717, 1.165) is 60.6 Å². The lowest BCUT2D eigenvalue weighted by Crippen LogP contribution is -2.43. The molecule has 188 valence electrons. The molecule has 2 heterocycles. The second kappa shape index (κ2) is 11.0. The Morgan fingerprint density at radius 1 is 1.09 bits per heavy atom. The van der Waals surface area contributed by atoms with Crippen molar-refractivity contribution in [2.75, 3.05) is 12.3 Å². The molecule has 2 aliphatic carbocycles. The zero-order valence-corrected chi connectivity index (χ0v) is 20.3. The van der Waals surface area contributed by atoms with Crippen molar-refractivity contribution in [3.63, 3.8) is 0 Å². The zero-order chi connectivity index (χ0) is 24.2. The number of nitrogens with two attached hydrogens (primary N) is 1. The highest BCUT2D eigenvalue weighted by Gasteiger charge is 2.34. The third-order valence-electron chi connectivity index (χ3n) is 7.31. The maximum atomic E-state index is 13.3. The van der Waals surface area contributed by atoms with Gasteiger partial charge < -0.3 is 16.2 Å². The van der Waals surface area contributed by atoms with E-state index in [2.05, 4.69) is 5.32 Å². The van der Waals surface area contributed by atoms with E-state index < -0.39 is 29.4 Å². The van der Waals surface area contributed by atoms with Gasteiger partial charge in [-0.05, 0) is 44.4 Å². The van der Waals surface area contributed by atoms with Gasteiger partial charge in [-0.25, -0.2) is 28.3 Å². The number of nitrogens with zero attached hydrogens (tertiary/aromatic N) is 3. The van der Waals surface area contributed by atoms with Crippen LogP contribution >= 0.6 is 11.8 Å². The molecular formula is C23H35N5O5S. The minimum absolute atomic E-state index is 0.119. The number of thioether (sulfide) groups is 1. The normalized spacial score (nSPS) is 26.1. The number of rotatable bonds is 8. The van der Waals surface area contributed by atoms with Crippen molar-refractivity contribution in [1.29, 1.82) is 0 Å². The number of aromatic nitrogens is 3. The fourth-order valence-electron chi connectivity index (χ4n) is 5.24. The number of carbonyl (C=O) groups excluding carboxylic acids is 1. The molecular weight excluding hydrogens is 458 g/mol. The Morgan fingerprint density at radius 3 is 2.47 bits per heavy atom. The van der Waals surface area contributed by atoms with Gasteiger partial charge in [-0.2, -0.15) is 11.8 Å². The monoisotopic (exact) mass is 493 g/mol. The van der Waals surface area contributed by atoms with Crippen LogP contribution in [0.3, 0.4) is 0 Å². The van der Waals surface area contributed by atoms with Crippen molar-refractivity contribution < 1.29 is 14.7 Å². The fourth-order valence-corrected chi connectivity index (χ4v) is 6.65. The molecule has 1 aliphatic heterocycles. The molecule has 3 aliphatic rings. The smallest absolute Gasteiger partial charge is 0.349 e. The van der Waals surface area contributed by atoms with Crippen molar-refractivity contribution in [2.24, 2.45) is 11.7 Å². The lowest BCUT2D eigenvalue weighted by molar-refractivity contribution is -0.140. The van der Waals surface area contributed by atoms with Gasteiger partial charge in [0.25, 0.3) is 0 Å². The number of nitrogens with one attached hydrogen (secondary N) is 1. The summed E-state index contributed by atoms with van der Waals surface area (Å²) in [5, 5.41) is 13.1. The van der Waals surface area contributed by atoms with Gasteiger partial charge in [0, 0.05) is 23.6 Å². The van der Waals surface area contributed by atoms with Crippen molar-refractivity contribution in [3.05, 3.63) is 33.1 Å². The van der Waals surface area contributed by atoms with Crippen LogP contribution < -0.4 is 22.4 Å². The highest BCUT2D eigenvalue weighted by Crippen LogP contribution is 2.30. The SMILES string of the molecule is NC1CCC(CNC(=O)C2C=CCn3c(=O)n(C(CSC4CCCCC4)C(=O)O)c(=O)n32)CC1. The molecule has 34 heavy (non-hydrogen) atoms. The van der Waals surface area contributed by atoms with Crippen LogP contribution in [0.1, 0.15) is 69.9 Å². The predicted molar refractivity (Wildman–Crippen MR) is 130 cm³/mol. The molecule has 4 rings (SSSR count). The van der Waals surface area contributed by atoms with Crippen LogP contribution in [0.25, 0.3) is 0 Å². The molecule has 1 amide bonds. The van der Waals surface area contributed by atoms with Crippen LogP contribution in [0.15, 0.2) is 21.7 Å². The molecule has 2 unspecified atom stereocenters. The second-order valence-corrected chi connectivity index (χ2v) is 11.0. The molecule has 1 aromatic heterocycles. The van der Waals surface area contributed by atoms with Crippen molar-refractivity contribution in [1.82, 2.24) is 19.2 Å². The number of carbonyl (C=O) groups is 2. The molecule has 11 heteroatoms. The van der Waals surface area contributed by atoms with E-state index in [-0.39, 0.29) is 24.2 Å². The Bertz CT molecular complexity index is 1030. The molecule has 2 fully saturated rings. The minimum Gasteiger partial charge on any atom is -0.480 e. The van der Waals surface area contributed by atoms with Crippen LogP contribution in [-0.2, 0) is 16.1 Å². The summed E-state index contributed by atoms with van der Waals surface area (Å²) in [5.74, 6) is -1.10. The lowest BCUT2D eigenvalue weighted by Gasteiger charge is -2.27. The van der Waals surface area contributed by atoms with Crippen LogP contribution in [0, 0.1) is 5.92 Å². The van der Waals surface area contributed by atoms with Crippen LogP contribution in [-0.4, -0.2) is 54.5 Å². The second-order valence-electron chi connectivity index (χ2n) is 9.71. The topological polar surface area (TPSA) is 141 Å². The first-order valence-corrected chi connectivity index (χ1v) is 13.4. The maximum absolute atomic E-state index is 13.3. The summed E-state index contributed by atoms with van der Waals surface area (Å²) >= 11 is 1.52.